The first-order valence-corrected chi connectivity index (χ1v) is 9.36. The maximum Gasteiger partial charge on any atom is 0.256 e. The molecular formula is C19H25N3OS. The van der Waals surface area contributed by atoms with Crippen LogP contribution in [-0.2, 0) is 0 Å². The number of carbonyl (C=O) groups excluding carboxylic acids is 1. The van der Waals surface area contributed by atoms with Gasteiger partial charge in [-0.05, 0) is 38.2 Å². The van der Waals surface area contributed by atoms with Gasteiger partial charge >= 0.3 is 0 Å². The molecule has 4 nitrogen and oxygen atoms in total. The van der Waals surface area contributed by atoms with E-state index in [-0.39, 0.29) is 17.9 Å². The number of hydrogen-bond acceptors (Lipinski definition) is 4. The van der Waals surface area contributed by atoms with Crippen LogP contribution in [0.3, 0.4) is 0 Å². The smallest absolute Gasteiger partial charge is 0.256 e. The van der Waals surface area contributed by atoms with Gasteiger partial charge in [0.2, 0.25) is 0 Å². The second-order valence-corrected chi connectivity index (χ2v) is 7.05. The van der Waals surface area contributed by atoms with E-state index in [2.05, 4.69) is 42.1 Å². The lowest BCUT2D eigenvalue weighted by atomic mass is 10.0. The van der Waals surface area contributed by atoms with Gasteiger partial charge in [-0.3, -0.25) is 4.79 Å². The van der Waals surface area contributed by atoms with Crippen LogP contribution in [0.5, 0.6) is 0 Å². The van der Waals surface area contributed by atoms with Gasteiger partial charge in [-0.15, -0.1) is 11.8 Å². The minimum Gasteiger partial charge on any atom is -0.345 e. The lowest BCUT2D eigenvalue weighted by Gasteiger charge is -2.18. The summed E-state index contributed by atoms with van der Waals surface area (Å²) in [5.41, 5.74) is 3.59. The topological polar surface area (TPSA) is 54.9 Å². The summed E-state index contributed by atoms with van der Waals surface area (Å²) in [6.45, 7) is 10.0. The molecule has 1 atom stereocenters. The fourth-order valence-corrected chi connectivity index (χ4v) is 3.28. The zero-order valence-corrected chi connectivity index (χ0v) is 16.0. The number of thioether (sulfide) groups is 1. The van der Waals surface area contributed by atoms with E-state index in [1.807, 2.05) is 38.3 Å². The molecule has 24 heavy (non-hydrogen) atoms. The van der Waals surface area contributed by atoms with Gasteiger partial charge in [-0.1, -0.05) is 38.1 Å². The summed E-state index contributed by atoms with van der Waals surface area (Å²) in [5.74, 6) is 0.890. The third-order valence-electron chi connectivity index (χ3n) is 4.01. The van der Waals surface area contributed by atoms with Crippen molar-refractivity contribution in [3.8, 4) is 0 Å². The van der Waals surface area contributed by atoms with Gasteiger partial charge in [0.25, 0.3) is 5.91 Å². The summed E-state index contributed by atoms with van der Waals surface area (Å²) in [6.07, 6.45) is 1.94. The predicted molar refractivity (Wildman–Crippen MR) is 99.7 cm³/mol. The first-order valence-electron chi connectivity index (χ1n) is 8.14. The molecule has 1 amide bonds. The Morgan fingerprint density at radius 1 is 1.12 bits per heavy atom. The largest absolute Gasteiger partial charge is 0.345 e. The van der Waals surface area contributed by atoms with Crippen LogP contribution < -0.4 is 5.32 Å². The number of nitrogens with zero attached hydrogens (tertiary/aromatic N) is 2. The molecule has 1 N–H and O–H groups in total. The Morgan fingerprint density at radius 3 is 2.38 bits per heavy atom. The minimum absolute atomic E-state index is 0.0717. The van der Waals surface area contributed by atoms with Crippen molar-refractivity contribution in [1.82, 2.24) is 15.3 Å². The quantitative estimate of drug-likeness (QED) is 0.644. The average Bonchev–Trinajstić information content (AvgIpc) is 2.53. The molecule has 1 aromatic heterocycles. The molecule has 0 saturated carbocycles. The molecule has 2 rings (SSSR count). The number of amides is 1. The summed E-state index contributed by atoms with van der Waals surface area (Å²) in [6, 6.07) is 8.02. The Labute approximate surface area is 148 Å². The first kappa shape index (κ1) is 18.5. The van der Waals surface area contributed by atoms with Crippen LogP contribution in [0.15, 0.2) is 29.3 Å². The SMILES string of the molecule is CSc1nc(C(C)C)nc(C)c1C(=O)NC(C)c1ccccc1C. The van der Waals surface area contributed by atoms with Gasteiger partial charge in [-0.25, -0.2) is 9.97 Å². The van der Waals surface area contributed by atoms with Crippen LogP contribution in [0, 0.1) is 13.8 Å². The highest BCUT2D eigenvalue weighted by molar-refractivity contribution is 7.98. The summed E-state index contributed by atoms with van der Waals surface area (Å²) in [7, 11) is 0. The van der Waals surface area contributed by atoms with E-state index in [4.69, 9.17) is 0 Å². The molecule has 0 spiro atoms. The molecule has 1 aromatic carbocycles. The Hall–Kier alpha value is -1.88. The molecule has 2 aromatic rings. The number of carbonyl (C=O) groups is 1. The van der Waals surface area contributed by atoms with Gasteiger partial charge in [0, 0.05) is 5.92 Å². The van der Waals surface area contributed by atoms with Crippen molar-refractivity contribution in [2.24, 2.45) is 0 Å². The summed E-state index contributed by atoms with van der Waals surface area (Å²) < 4.78 is 0. The fourth-order valence-electron chi connectivity index (χ4n) is 2.65. The van der Waals surface area contributed by atoms with E-state index >= 15 is 0 Å². The number of aryl methyl sites for hydroxylation is 2. The molecule has 0 aliphatic carbocycles. The van der Waals surface area contributed by atoms with E-state index in [1.54, 1.807) is 0 Å². The van der Waals surface area contributed by atoms with Crippen molar-refractivity contribution in [3.05, 3.63) is 52.5 Å². The second kappa shape index (κ2) is 7.79. The number of benzene rings is 1. The van der Waals surface area contributed by atoms with E-state index in [9.17, 15) is 4.79 Å². The zero-order valence-electron chi connectivity index (χ0n) is 15.2. The number of nitrogens with one attached hydrogen (secondary N) is 1. The van der Waals surface area contributed by atoms with Gasteiger partial charge in [-0.2, -0.15) is 0 Å². The fraction of sp³-hybridized carbons (Fsp3) is 0.421. The molecule has 5 heteroatoms. The molecule has 0 saturated heterocycles. The van der Waals surface area contributed by atoms with E-state index in [1.165, 1.54) is 17.3 Å². The monoisotopic (exact) mass is 343 g/mol. The molecule has 0 bridgehead atoms. The van der Waals surface area contributed by atoms with Crippen LogP contribution in [0.4, 0.5) is 0 Å². The lowest BCUT2D eigenvalue weighted by molar-refractivity contribution is 0.0934. The predicted octanol–water partition coefficient (Wildman–Crippen LogP) is 4.43. The zero-order chi connectivity index (χ0) is 17.9. The number of aromatic nitrogens is 2. The Balaban J connectivity index is 2.31. The van der Waals surface area contributed by atoms with Gasteiger partial charge in [0.1, 0.15) is 10.9 Å². The Bertz CT molecular complexity index is 743. The highest BCUT2D eigenvalue weighted by Gasteiger charge is 2.21. The van der Waals surface area contributed by atoms with Crippen LogP contribution in [0.1, 0.15) is 65.7 Å². The maximum atomic E-state index is 12.8. The summed E-state index contributed by atoms with van der Waals surface area (Å²) in [5, 5.41) is 3.82. The highest BCUT2D eigenvalue weighted by atomic mass is 32.2. The lowest BCUT2D eigenvalue weighted by Crippen LogP contribution is -2.29. The molecular weight excluding hydrogens is 318 g/mol. The Morgan fingerprint density at radius 2 is 1.79 bits per heavy atom. The van der Waals surface area contributed by atoms with Crippen LogP contribution in [-0.4, -0.2) is 22.1 Å². The highest BCUT2D eigenvalue weighted by Crippen LogP contribution is 2.24. The number of hydrogen-bond donors (Lipinski definition) is 1. The second-order valence-electron chi connectivity index (χ2n) is 6.26. The summed E-state index contributed by atoms with van der Waals surface area (Å²) >= 11 is 1.48. The van der Waals surface area contributed by atoms with Crippen LogP contribution in [0.2, 0.25) is 0 Å². The van der Waals surface area contributed by atoms with Gasteiger partial charge < -0.3 is 5.32 Å². The van der Waals surface area contributed by atoms with Crippen molar-refractivity contribution in [1.29, 1.82) is 0 Å². The molecule has 1 unspecified atom stereocenters. The molecule has 0 fully saturated rings. The first-order chi connectivity index (χ1) is 11.3. The molecule has 0 aliphatic heterocycles. The normalized spacial score (nSPS) is 12.3. The number of rotatable bonds is 5. The molecule has 0 radical (unpaired) electrons. The van der Waals surface area contributed by atoms with E-state index < -0.39 is 0 Å². The van der Waals surface area contributed by atoms with Crippen molar-refractivity contribution in [2.75, 3.05) is 6.26 Å². The van der Waals surface area contributed by atoms with Gasteiger partial charge in [0.05, 0.1) is 17.3 Å². The maximum absolute atomic E-state index is 12.8. The van der Waals surface area contributed by atoms with Crippen LogP contribution in [0.25, 0.3) is 0 Å². The van der Waals surface area contributed by atoms with Crippen LogP contribution >= 0.6 is 11.8 Å². The minimum atomic E-state index is -0.122. The van der Waals surface area contributed by atoms with Crippen molar-refractivity contribution < 1.29 is 4.79 Å². The van der Waals surface area contributed by atoms with Crippen molar-refractivity contribution in [3.63, 3.8) is 0 Å². The third kappa shape index (κ3) is 3.96. The van der Waals surface area contributed by atoms with Gasteiger partial charge in [0.15, 0.2) is 0 Å². The van der Waals surface area contributed by atoms with E-state index in [0.29, 0.717) is 5.56 Å². The standard InChI is InChI=1S/C19H25N3OS/c1-11(2)17-20-14(5)16(19(22-17)24-6)18(23)21-13(4)15-10-8-7-9-12(15)3/h7-11,13H,1-6H3,(H,21,23). The third-order valence-corrected chi connectivity index (χ3v) is 4.70. The van der Waals surface area contributed by atoms with Crippen molar-refractivity contribution >= 4 is 17.7 Å². The molecule has 128 valence electrons. The average molecular weight is 343 g/mol. The molecule has 1 heterocycles. The van der Waals surface area contributed by atoms with E-state index in [0.717, 1.165) is 22.1 Å². The Kier molecular flexibility index (Phi) is 5.99. The summed E-state index contributed by atoms with van der Waals surface area (Å²) in [4.78, 5) is 21.9. The molecule has 0 aliphatic rings. The van der Waals surface area contributed by atoms with Crippen molar-refractivity contribution in [2.45, 2.75) is 51.6 Å².